The normalized spacial score (nSPS) is 15.1. The van der Waals surface area contributed by atoms with Crippen LogP contribution in [0.5, 0.6) is 0 Å². The van der Waals surface area contributed by atoms with Crippen molar-refractivity contribution in [3.05, 3.63) is 23.2 Å². The van der Waals surface area contributed by atoms with Crippen LogP contribution in [0.1, 0.15) is 21.8 Å². The Morgan fingerprint density at radius 1 is 1.58 bits per heavy atom. The molecule has 102 valence electrons. The molecule has 2 rings (SSSR count). The second kappa shape index (κ2) is 5.40. The standard InChI is InChI=1S/C12H15N3O3S/c1-3-4-5-14-6-7-15(12(14)18)11-13-8(2)9(19-11)10(16)17/h3H,1,4-7H2,2H3,(H,16,17). The highest BCUT2D eigenvalue weighted by atomic mass is 32.1. The molecule has 0 bridgehead atoms. The summed E-state index contributed by atoms with van der Waals surface area (Å²) in [7, 11) is 0. The Bertz CT molecular complexity index is 526. The van der Waals surface area contributed by atoms with Gasteiger partial charge in [0.2, 0.25) is 0 Å². The van der Waals surface area contributed by atoms with Gasteiger partial charge in [0.1, 0.15) is 4.88 Å². The fourth-order valence-corrected chi connectivity index (χ4v) is 2.84. The molecule has 1 saturated heterocycles. The van der Waals surface area contributed by atoms with E-state index < -0.39 is 5.97 Å². The number of carboxylic acid groups (broad SMARTS) is 1. The lowest BCUT2D eigenvalue weighted by Gasteiger charge is -2.15. The Balaban J connectivity index is 2.15. The molecule has 7 heteroatoms. The molecular formula is C12H15N3O3S. The van der Waals surface area contributed by atoms with Crippen LogP contribution in [-0.2, 0) is 0 Å². The van der Waals surface area contributed by atoms with Crippen molar-refractivity contribution in [1.29, 1.82) is 0 Å². The van der Waals surface area contributed by atoms with Crippen LogP contribution in [0.4, 0.5) is 9.93 Å². The largest absolute Gasteiger partial charge is 0.477 e. The molecule has 0 aromatic carbocycles. The first-order chi connectivity index (χ1) is 9.04. The number of amides is 2. The number of hydrogen-bond acceptors (Lipinski definition) is 4. The first kappa shape index (κ1) is 13.5. The molecule has 0 saturated carbocycles. The van der Waals surface area contributed by atoms with Gasteiger partial charge in [-0.3, -0.25) is 4.90 Å². The summed E-state index contributed by atoms with van der Waals surface area (Å²) in [6.07, 6.45) is 2.52. The number of anilines is 1. The molecule has 1 N–H and O–H groups in total. The maximum absolute atomic E-state index is 12.1. The molecule has 0 spiro atoms. The molecule has 0 radical (unpaired) electrons. The van der Waals surface area contributed by atoms with Gasteiger partial charge in [0.25, 0.3) is 0 Å². The maximum atomic E-state index is 12.1. The van der Waals surface area contributed by atoms with Gasteiger partial charge in [0.15, 0.2) is 5.13 Å². The second-order valence-electron chi connectivity index (χ2n) is 4.21. The van der Waals surface area contributed by atoms with Crippen LogP contribution in [0.3, 0.4) is 0 Å². The third-order valence-electron chi connectivity index (χ3n) is 2.91. The molecule has 6 nitrogen and oxygen atoms in total. The minimum absolute atomic E-state index is 0.118. The zero-order chi connectivity index (χ0) is 14.0. The highest BCUT2D eigenvalue weighted by Crippen LogP contribution is 2.28. The van der Waals surface area contributed by atoms with E-state index >= 15 is 0 Å². The van der Waals surface area contributed by atoms with Gasteiger partial charge in [0, 0.05) is 19.6 Å². The predicted octanol–water partition coefficient (Wildman–Crippen LogP) is 1.97. The Kier molecular flexibility index (Phi) is 3.84. The van der Waals surface area contributed by atoms with Crippen LogP contribution < -0.4 is 4.90 Å². The third-order valence-corrected chi connectivity index (χ3v) is 4.08. The summed E-state index contributed by atoms with van der Waals surface area (Å²) in [5, 5.41) is 9.46. The summed E-state index contributed by atoms with van der Waals surface area (Å²) in [6.45, 7) is 7.08. The van der Waals surface area contributed by atoms with Gasteiger partial charge in [-0.1, -0.05) is 17.4 Å². The molecule has 0 unspecified atom stereocenters. The highest BCUT2D eigenvalue weighted by Gasteiger charge is 2.31. The van der Waals surface area contributed by atoms with Crippen LogP contribution in [-0.4, -0.2) is 46.6 Å². The fourth-order valence-electron chi connectivity index (χ4n) is 1.91. The summed E-state index contributed by atoms with van der Waals surface area (Å²) >= 11 is 1.04. The van der Waals surface area contributed by atoms with E-state index in [2.05, 4.69) is 11.6 Å². The number of carboxylic acids is 1. The van der Waals surface area contributed by atoms with Crippen molar-refractivity contribution in [2.45, 2.75) is 13.3 Å². The predicted molar refractivity (Wildman–Crippen MR) is 72.9 cm³/mol. The maximum Gasteiger partial charge on any atom is 0.347 e. The quantitative estimate of drug-likeness (QED) is 0.837. The van der Waals surface area contributed by atoms with Crippen molar-refractivity contribution in [3.8, 4) is 0 Å². The van der Waals surface area contributed by atoms with E-state index in [4.69, 9.17) is 5.11 Å². The monoisotopic (exact) mass is 281 g/mol. The first-order valence-electron chi connectivity index (χ1n) is 5.92. The number of rotatable bonds is 5. The van der Waals surface area contributed by atoms with Crippen molar-refractivity contribution >= 4 is 28.5 Å². The topological polar surface area (TPSA) is 73.7 Å². The van der Waals surface area contributed by atoms with E-state index in [1.54, 1.807) is 17.9 Å². The summed E-state index contributed by atoms with van der Waals surface area (Å²) in [6, 6.07) is -0.118. The number of aromatic carboxylic acids is 1. The van der Waals surface area contributed by atoms with Crippen molar-refractivity contribution in [2.75, 3.05) is 24.5 Å². The molecule has 1 aliphatic rings. The van der Waals surface area contributed by atoms with Crippen LogP contribution in [0.15, 0.2) is 12.7 Å². The Hall–Kier alpha value is -1.89. The van der Waals surface area contributed by atoms with Crippen molar-refractivity contribution in [2.24, 2.45) is 0 Å². The molecule has 1 fully saturated rings. The molecule has 0 aliphatic carbocycles. The Morgan fingerprint density at radius 2 is 2.32 bits per heavy atom. The van der Waals surface area contributed by atoms with E-state index in [1.807, 2.05) is 0 Å². The zero-order valence-corrected chi connectivity index (χ0v) is 11.4. The van der Waals surface area contributed by atoms with Crippen LogP contribution in [0.25, 0.3) is 0 Å². The average molecular weight is 281 g/mol. The van der Waals surface area contributed by atoms with Crippen molar-refractivity contribution in [1.82, 2.24) is 9.88 Å². The Labute approximate surface area is 115 Å². The van der Waals surface area contributed by atoms with Crippen molar-refractivity contribution in [3.63, 3.8) is 0 Å². The molecular weight excluding hydrogens is 266 g/mol. The van der Waals surface area contributed by atoms with Crippen molar-refractivity contribution < 1.29 is 14.7 Å². The van der Waals surface area contributed by atoms with E-state index in [9.17, 15) is 9.59 Å². The molecule has 1 aromatic heterocycles. The molecule has 0 atom stereocenters. The second-order valence-corrected chi connectivity index (χ2v) is 5.19. The number of carbonyl (C=O) groups excluding carboxylic acids is 1. The number of aryl methyl sites for hydroxylation is 1. The van der Waals surface area contributed by atoms with Gasteiger partial charge >= 0.3 is 12.0 Å². The van der Waals surface area contributed by atoms with Gasteiger partial charge in [0.05, 0.1) is 5.69 Å². The molecule has 2 amide bonds. The minimum atomic E-state index is -1.00. The SMILES string of the molecule is C=CCCN1CCN(c2nc(C)c(C(=O)O)s2)C1=O. The zero-order valence-electron chi connectivity index (χ0n) is 10.6. The minimum Gasteiger partial charge on any atom is -0.477 e. The van der Waals surface area contributed by atoms with E-state index in [-0.39, 0.29) is 10.9 Å². The first-order valence-corrected chi connectivity index (χ1v) is 6.74. The number of aromatic nitrogens is 1. The van der Waals surface area contributed by atoms with Gasteiger partial charge in [-0.05, 0) is 13.3 Å². The molecule has 2 heterocycles. The lowest BCUT2D eigenvalue weighted by molar-refractivity contribution is 0.0701. The Morgan fingerprint density at radius 3 is 2.89 bits per heavy atom. The van der Waals surface area contributed by atoms with Crippen LogP contribution >= 0.6 is 11.3 Å². The van der Waals surface area contributed by atoms with Gasteiger partial charge in [-0.15, -0.1) is 6.58 Å². The lowest BCUT2D eigenvalue weighted by Crippen LogP contribution is -2.32. The lowest BCUT2D eigenvalue weighted by atomic mass is 10.4. The third kappa shape index (κ3) is 2.60. The average Bonchev–Trinajstić information content (AvgIpc) is 2.90. The number of urea groups is 1. The van der Waals surface area contributed by atoms with Gasteiger partial charge in [-0.25, -0.2) is 14.6 Å². The van der Waals surface area contributed by atoms with Gasteiger partial charge in [-0.2, -0.15) is 0 Å². The smallest absolute Gasteiger partial charge is 0.347 e. The van der Waals surface area contributed by atoms with E-state index in [1.165, 1.54) is 4.90 Å². The molecule has 19 heavy (non-hydrogen) atoms. The van der Waals surface area contributed by atoms with E-state index in [0.717, 1.165) is 17.8 Å². The van der Waals surface area contributed by atoms with Crippen LogP contribution in [0.2, 0.25) is 0 Å². The summed E-state index contributed by atoms with van der Waals surface area (Å²) in [5.74, 6) is -1.00. The summed E-state index contributed by atoms with van der Waals surface area (Å²) in [5.41, 5.74) is 0.449. The number of hydrogen-bond donors (Lipinski definition) is 1. The number of thiazole rings is 1. The highest BCUT2D eigenvalue weighted by molar-refractivity contribution is 7.17. The summed E-state index contributed by atoms with van der Waals surface area (Å²) < 4.78 is 0. The summed E-state index contributed by atoms with van der Waals surface area (Å²) in [4.78, 5) is 30.7. The molecule has 1 aliphatic heterocycles. The number of carbonyl (C=O) groups is 2. The fraction of sp³-hybridized carbons (Fsp3) is 0.417. The van der Waals surface area contributed by atoms with Gasteiger partial charge < -0.3 is 10.0 Å². The van der Waals surface area contributed by atoms with Crippen LogP contribution in [0, 0.1) is 6.92 Å². The van der Waals surface area contributed by atoms with E-state index in [0.29, 0.717) is 30.5 Å². The number of nitrogens with zero attached hydrogens (tertiary/aromatic N) is 3. The molecule has 1 aromatic rings.